The molecule has 9 heavy (non-hydrogen) atoms. The van der Waals surface area contributed by atoms with Gasteiger partial charge in [-0.3, -0.25) is 0 Å². The molecule has 4 nitrogen and oxygen atoms in total. The fourth-order valence-corrected chi connectivity index (χ4v) is 0. The molecule has 0 amide bonds. The Labute approximate surface area is 66.5 Å². The normalized spacial score (nSPS) is 5.56. The van der Waals surface area contributed by atoms with Crippen molar-refractivity contribution in [1.29, 1.82) is 0 Å². The molecule has 0 aromatic rings. The van der Waals surface area contributed by atoms with Gasteiger partial charge in [0.1, 0.15) is 0 Å². The van der Waals surface area contributed by atoms with Crippen LogP contribution in [0, 0.1) is 0 Å². The van der Waals surface area contributed by atoms with Crippen molar-refractivity contribution in [1.82, 2.24) is 0 Å². The summed E-state index contributed by atoms with van der Waals surface area (Å²) in [5.41, 5.74) is 0. The van der Waals surface area contributed by atoms with Crippen molar-refractivity contribution in [3.8, 4) is 0 Å². The first-order chi connectivity index (χ1) is 3.46. The zero-order chi connectivity index (χ0) is 7.15. The van der Waals surface area contributed by atoms with Crippen LogP contribution >= 0.6 is 0 Å². The van der Waals surface area contributed by atoms with Crippen LogP contribution in [-0.2, 0) is 30.0 Å². The number of carbonyl (C=O) groups excluding carboxylic acids is 2. The molecule has 0 saturated carbocycles. The van der Waals surface area contributed by atoms with Crippen LogP contribution < -0.4 is 10.2 Å². The molecular formula is C4H6O4Re. The fraction of sp³-hybridized carbons (Fsp3) is 0.500. The van der Waals surface area contributed by atoms with E-state index >= 15 is 0 Å². The summed E-state index contributed by atoms with van der Waals surface area (Å²) in [6.07, 6.45) is 0. The molecule has 0 aliphatic rings. The van der Waals surface area contributed by atoms with Gasteiger partial charge in [0, 0.05) is 11.9 Å². The standard InChI is InChI=1S/2C2H4O2.Re/c2*1-2(3)4;/h2*1H3,(H,3,4);/q;;+2/p-2. The zero-order valence-electron chi connectivity index (χ0n) is 5.01. The van der Waals surface area contributed by atoms with E-state index in [0.717, 1.165) is 13.8 Å². The average Bonchev–Trinajstić information content (AvgIpc) is 1.25. The van der Waals surface area contributed by atoms with E-state index in [1.54, 1.807) is 0 Å². The summed E-state index contributed by atoms with van der Waals surface area (Å²) in [5.74, 6) is -2.17. The Hall–Kier alpha value is -0.398. The van der Waals surface area contributed by atoms with Gasteiger partial charge >= 0.3 is 20.4 Å². The third-order valence-corrected chi connectivity index (χ3v) is 0. The topological polar surface area (TPSA) is 80.3 Å². The van der Waals surface area contributed by atoms with Crippen molar-refractivity contribution in [2.24, 2.45) is 0 Å². The molecule has 53 valence electrons. The van der Waals surface area contributed by atoms with Crippen LogP contribution in [-0.4, -0.2) is 11.9 Å². The molecule has 0 heterocycles. The molecule has 0 fully saturated rings. The van der Waals surface area contributed by atoms with Crippen LogP contribution in [0.2, 0.25) is 0 Å². The van der Waals surface area contributed by atoms with Crippen molar-refractivity contribution in [2.75, 3.05) is 0 Å². The van der Waals surface area contributed by atoms with Gasteiger partial charge in [0.15, 0.2) is 0 Å². The van der Waals surface area contributed by atoms with Crippen molar-refractivity contribution in [2.45, 2.75) is 13.8 Å². The molecular weight excluding hydrogens is 298 g/mol. The van der Waals surface area contributed by atoms with Gasteiger partial charge in [-0.1, -0.05) is 0 Å². The molecule has 0 aliphatic carbocycles. The predicted octanol–water partition coefficient (Wildman–Crippen LogP) is -2.49. The second-order valence-corrected chi connectivity index (χ2v) is 0.983. The molecule has 1 radical (unpaired) electrons. The largest absolute Gasteiger partial charge is 2.00 e. The van der Waals surface area contributed by atoms with Gasteiger partial charge in [-0.2, -0.15) is 0 Å². The second-order valence-electron chi connectivity index (χ2n) is 0.983. The third kappa shape index (κ3) is 1510. The van der Waals surface area contributed by atoms with Crippen LogP contribution in [0.1, 0.15) is 13.8 Å². The number of carboxylic acids is 2. The first-order valence-corrected chi connectivity index (χ1v) is 1.82. The third-order valence-electron chi connectivity index (χ3n) is 0. The van der Waals surface area contributed by atoms with Gasteiger partial charge in [-0.05, 0) is 13.8 Å². The number of aliphatic carboxylic acids is 2. The maximum absolute atomic E-state index is 8.89. The average molecular weight is 304 g/mol. The summed E-state index contributed by atoms with van der Waals surface area (Å²) in [7, 11) is 0. The van der Waals surface area contributed by atoms with Crippen molar-refractivity contribution in [3.05, 3.63) is 0 Å². The van der Waals surface area contributed by atoms with E-state index in [1.807, 2.05) is 0 Å². The number of hydrogen-bond donors (Lipinski definition) is 0. The second kappa shape index (κ2) is 10.6. The quantitative estimate of drug-likeness (QED) is 0.496. The maximum atomic E-state index is 8.89. The van der Waals surface area contributed by atoms with Crippen molar-refractivity contribution >= 4 is 11.9 Å². The summed E-state index contributed by atoms with van der Waals surface area (Å²) < 4.78 is 0. The molecule has 0 aliphatic heterocycles. The molecule has 0 unspecified atom stereocenters. The number of carboxylic acid groups (broad SMARTS) is 2. The Morgan fingerprint density at radius 2 is 1.00 bits per heavy atom. The van der Waals surface area contributed by atoms with Gasteiger partial charge in [0.25, 0.3) is 0 Å². The first kappa shape index (κ1) is 15.8. The van der Waals surface area contributed by atoms with Gasteiger partial charge < -0.3 is 19.8 Å². The number of rotatable bonds is 0. The molecule has 0 aromatic carbocycles. The van der Waals surface area contributed by atoms with E-state index in [1.165, 1.54) is 0 Å². The van der Waals surface area contributed by atoms with E-state index in [4.69, 9.17) is 19.8 Å². The number of carbonyl (C=O) groups is 2. The molecule has 0 rings (SSSR count). The Bertz CT molecular complexity index is 70.6. The van der Waals surface area contributed by atoms with Crippen molar-refractivity contribution < 1.29 is 40.2 Å². The van der Waals surface area contributed by atoms with E-state index in [0.29, 0.717) is 0 Å². The SMILES string of the molecule is CC(=O)[O-].CC(=O)[O-].[Re+2]. The number of hydrogen-bond acceptors (Lipinski definition) is 4. The Morgan fingerprint density at radius 3 is 1.00 bits per heavy atom. The minimum atomic E-state index is -1.08. The van der Waals surface area contributed by atoms with Gasteiger partial charge in [0.05, 0.1) is 0 Å². The molecule has 5 heteroatoms. The zero-order valence-corrected chi connectivity index (χ0v) is 7.73. The summed E-state index contributed by atoms with van der Waals surface area (Å²) >= 11 is 0. The van der Waals surface area contributed by atoms with Crippen molar-refractivity contribution in [3.63, 3.8) is 0 Å². The van der Waals surface area contributed by atoms with Crippen LogP contribution in [0.25, 0.3) is 0 Å². The van der Waals surface area contributed by atoms with E-state index in [9.17, 15) is 0 Å². The van der Waals surface area contributed by atoms with Crippen LogP contribution in [0.4, 0.5) is 0 Å². The Morgan fingerprint density at radius 1 is 1.00 bits per heavy atom. The fourth-order valence-electron chi connectivity index (χ4n) is 0. The molecule has 0 spiro atoms. The van der Waals surface area contributed by atoms with Crippen LogP contribution in [0.15, 0.2) is 0 Å². The molecule has 0 atom stereocenters. The van der Waals surface area contributed by atoms with Gasteiger partial charge in [0.2, 0.25) is 0 Å². The van der Waals surface area contributed by atoms with E-state index in [2.05, 4.69) is 0 Å². The minimum Gasteiger partial charge on any atom is -0.550 e. The molecule has 0 aromatic heterocycles. The Kier molecular flexibility index (Phi) is 18.6. The Balaban J connectivity index is -0.0000000720. The van der Waals surface area contributed by atoms with Crippen LogP contribution in [0.5, 0.6) is 0 Å². The van der Waals surface area contributed by atoms with Gasteiger partial charge in [-0.25, -0.2) is 0 Å². The maximum Gasteiger partial charge on any atom is 2.00 e. The summed E-state index contributed by atoms with van der Waals surface area (Å²) in [4.78, 5) is 17.8. The van der Waals surface area contributed by atoms with E-state index < -0.39 is 11.9 Å². The van der Waals surface area contributed by atoms with Gasteiger partial charge in [-0.15, -0.1) is 0 Å². The summed E-state index contributed by atoms with van der Waals surface area (Å²) in [6, 6.07) is 0. The summed E-state index contributed by atoms with van der Waals surface area (Å²) in [6.45, 7) is 1.94. The molecule has 0 N–H and O–H groups in total. The molecule has 0 bridgehead atoms. The van der Waals surface area contributed by atoms with Crippen LogP contribution in [0.3, 0.4) is 0 Å². The smallest absolute Gasteiger partial charge is 0.550 e. The predicted molar refractivity (Wildman–Crippen MR) is 21.4 cm³/mol. The molecule has 0 saturated heterocycles. The van der Waals surface area contributed by atoms with E-state index in [-0.39, 0.29) is 20.4 Å². The summed E-state index contributed by atoms with van der Waals surface area (Å²) in [5, 5.41) is 17.8. The first-order valence-electron chi connectivity index (χ1n) is 1.82. The monoisotopic (exact) mass is 305 g/mol. The minimum absolute atomic E-state index is 0.